The van der Waals surface area contributed by atoms with Gasteiger partial charge in [-0.15, -0.1) is 0 Å². The molecule has 2 rings (SSSR count). The molecule has 1 heterocycles. The maximum Gasteiger partial charge on any atom is 0.0480 e. The number of ether oxygens (including phenoxy) is 1. The Balaban J connectivity index is 1.79. The average molecular weight is 232 g/mol. The fourth-order valence-electron chi connectivity index (χ4n) is 2.00. The topological polar surface area (TPSA) is 26.2 Å². The maximum absolute atomic E-state index is 5.01. The molecule has 2 aromatic rings. The summed E-state index contributed by atoms with van der Waals surface area (Å²) in [5, 5.41) is 4.73. The normalized spacial score (nSPS) is 11.1. The molecule has 1 aromatic heterocycles. The van der Waals surface area contributed by atoms with Crippen LogP contribution in [0.4, 0.5) is 0 Å². The zero-order valence-electron chi connectivity index (χ0n) is 10.4. The molecule has 0 saturated carbocycles. The van der Waals surface area contributed by atoms with Crippen LogP contribution in [-0.2, 0) is 11.3 Å². The molecule has 0 atom stereocenters. The monoisotopic (exact) mass is 232 g/mol. The highest BCUT2D eigenvalue weighted by Crippen LogP contribution is 2.14. The van der Waals surface area contributed by atoms with Crippen molar-refractivity contribution in [3.05, 3.63) is 36.5 Å². The quantitative estimate of drug-likeness (QED) is 0.741. The molecule has 0 bridgehead atoms. The van der Waals surface area contributed by atoms with E-state index in [1.807, 2.05) is 0 Å². The van der Waals surface area contributed by atoms with Gasteiger partial charge in [-0.3, -0.25) is 0 Å². The lowest BCUT2D eigenvalue weighted by Crippen LogP contribution is -2.21. The van der Waals surface area contributed by atoms with E-state index in [0.29, 0.717) is 0 Å². The molecular formula is C14H20N2O. The van der Waals surface area contributed by atoms with Crippen LogP contribution in [0.15, 0.2) is 36.5 Å². The van der Waals surface area contributed by atoms with Crippen LogP contribution in [0.3, 0.4) is 0 Å². The molecule has 3 heteroatoms. The van der Waals surface area contributed by atoms with E-state index in [9.17, 15) is 0 Å². The number of hydrogen-bond donors (Lipinski definition) is 1. The largest absolute Gasteiger partial charge is 0.385 e. The SMILES string of the molecule is COCCCNCCn1ccc2ccccc21. The van der Waals surface area contributed by atoms with Gasteiger partial charge in [-0.25, -0.2) is 0 Å². The minimum absolute atomic E-state index is 0.833. The van der Waals surface area contributed by atoms with Crippen LogP contribution in [0.1, 0.15) is 6.42 Å². The van der Waals surface area contributed by atoms with Gasteiger partial charge >= 0.3 is 0 Å². The van der Waals surface area contributed by atoms with Crippen LogP contribution in [-0.4, -0.2) is 31.4 Å². The highest BCUT2D eigenvalue weighted by Gasteiger charge is 1.98. The molecule has 0 spiro atoms. The summed E-state index contributed by atoms with van der Waals surface area (Å²) in [7, 11) is 1.74. The van der Waals surface area contributed by atoms with Crippen molar-refractivity contribution in [1.29, 1.82) is 0 Å². The Labute approximate surface area is 102 Å². The molecule has 3 nitrogen and oxygen atoms in total. The summed E-state index contributed by atoms with van der Waals surface area (Å²) in [4.78, 5) is 0. The molecule has 0 fully saturated rings. The molecule has 92 valence electrons. The van der Waals surface area contributed by atoms with Gasteiger partial charge in [0.2, 0.25) is 0 Å². The van der Waals surface area contributed by atoms with Crippen molar-refractivity contribution in [1.82, 2.24) is 9.88 Å². The van der Waals surface area contributed by atoms with Crippen molar-refractivity contribution in [2.75, 3.05) is 26.8 Å². The predicted octanol–water partition coefficient (Wildman–Crippen LogP) is 2.27. The molecule has 1 aromatic carbocycles. The Hall–Kier alpha value is -1.32. The number of aromatic nitrogens is 1. The molecule has 0 aliphatic heterocycles. The summed E-state index contributed by atoms with van der Waals surface area (Å²) in [5.41, 5.74) is 1.31. The third kappa shape index (κ3) is 3.32. The molecule has 0 saturated heterocycles. The minimum Gasteiger partial charge on any atom is -0.385 e. The van der Waals surface area contributed by atoms with E-state index in [1.165, 1.54) is 10.9 Å². The van der Waals surface area contributed by atoms with Crippen molar-refractivity contribution >= 4 is 10.9 Å². The van der Waals surface area contributed by atoms with Crippen molar-refractivity contribution in [3.63, 3.8) is 0 Å². The first-order chi connectivity index (χ1) is 8.42. The van der Waals surface area contributed by atoms with Gasteiger partial charge in [0, 0.05) is 38.5 Å². The van der Waals surface area contributed by atoms with E-state index in [0.717, 1.165) is 32.7 Å². The van der Waals surface area contributed by atoms with Gasteiger partial charge in [-0.2, -0.15) is 0 Å². The second kappa shape index (κ2) is 6.42. The zero-order chi connectivity index (χ0) is 11.9. The van der Waals surface area contributed by atoms with Crippen molar-refractivity contribution in [3.8, 4) is 0 Å². The van der Waals surface area contributed by atoms with E-state index < -0.39 is 0 Å². The average Bonchev–Trinajstić information content (AvgIpc) is 2.77. The zero-order valence-corrected chi connectivity index (χ0v) is 10.4. The Morgan fingerprint density at radius 3 is 2.94 bits per heavy atom. The van der Waals surface area contributed by atoms with Crippen LogP contribution in [0.25, 0.3) is 10.9 Å². The van der Waals surface area contributed by atoms with Crippen LogP contribution in [0.5, 0.6) is 0 Å². The summed E-state index contributed by atoms with van der Waals surface area (Å²) in [6, 6.07) is 10.7. The van der Waals surface area contributed by atoms with Gasteiger partial charge in [0.1, 0.15) is 0 Å². The first kappa shape index (κ1) is 12.1. The number of rotatable bonds is 7. The van der Waals surface area contributed by atoms with E-state index in [4.69, 9.17) is 4.74 Å². The minimum atomic E-state index is 0.833. The van der Waals surface area contributed by atoms with E-state index in [2.05, 4.69) is 46.4 Å². The smallest absolute Gasteiger partial charge is 0.0480 e. The molecule has 0 radical (unpaired) electrons. The van der Waals surface area contributed by atoms with Gasteiger partial charge in [0.25, 0.3) is 0 Å². The number of benzene rings is 1. The third-order valence-electron chi connectivity index (χ3n) is 2.91. The van der Waals surface area contributed by atoms with E-state index in [-0.39, 0.29) is 0 Å². The Bertz CT molecular complexity index is 450. The third-order valence-corrected chi connectivity index (χ3v) is 2.91. The van der Waals surface area contributed by atoms with E-state index >= 15 is 0 Å². The van der Waals surface area contributed by atoms with Crippen LogP contribution >= 0.6 is 0 Å². The number of para-hydroxylation sites is 1. The number of hydrogen-bond acceptors (Lipinski definition) is 2. The van der Waals surface area contributed by atoms with Crippen LogP contribution in [0, 0.1) is 0 Å². The standard InChI is InChI=1S/C14H20N2O/c1-17-12-4-8-15-9-11-16-10-7-13-5-2-3-6-14(13)16/h2-3,5-7,10,15H,4,8-9,11-12H2,1H3. The number of nitrogens with one attached hydrogen (secondary N) is 1. The van der Waals surface area contributed by atoms with Gasteiger partial charge in [0.05, 0.1) is 0 Å². The Kier molecular flexibility index (Phi) is 4.59. The number of fused-ring (bicyclic) bond motifs is 1. The first-order valence-electron chi connectivity index (χ1n) is 6.15. The summed E-state index contributed by atoms with van der Waals surface area (Å²) in [6.07, 6.45) is 3.23. The van der Waals surface area contributed by atoms with Crippen molar-refractivity contribution < 1.29 is 4.74 Å². The molecule has 17 heavy (non-hydrogen) atoms. The predicted molar refractivity (Wildman–Crippen MR) is 71.3 cm³/mol. The maximum atomic E-state index is 5.01. The van der Waals surface area contributed by atoms with E-state index in [1.54, 1.807) is 7.11 Å². The molecule has 1 N–H and O–H groups in total. The summed E-state index contributed by atoms with van der Waals surface area (Å²) in [5.74, 6) is 0. The fraction of sp³-hybridized carbons (Fsp3) is 0.429. The summed E-state index contributed by atoms with van der Waals surface area (Å²) in [6.45, 7) is 3.87. The Morgan fingerprint density at radius 2 is 2.06 bits per heavy atom. The summed E-state index contributed by atoms with van der Waals surface area (Å²) >= 11 is 0. The van der Waals surface area contributed by atoms with Gasteiger partial charge in [-0.05, 0) is 30.5 Å². The highest BCUT2D eigenvalue weighted by atomic mass is 16.5. The van der Waals surface area contributed by atoms with Gasteiger partial charge in [-0.1, -0.05) is 18.2 Å². The van der Waals surface area contributed by atoms with Gasteiger partial charge in [0.15, 0.2) is 0 Å². The fourth-order valence-corrected chi connectivity index (χ4v) is 2.00. The van der Waals surface area contributed by atoms with Gasteiger partial charge < -0.3 is 14.6 Å². The second-order valence-corrected chi connectivity index (χ2v) is 4.16. The molecule has 0 amide bonds. The summed E-state index contributed by atoms with van der Waals surface area (Å²) < 4.78 is 7.30. The number of methoxy groups -OCH3 is 1. The van der Waals surface area contributed by atoms with Crippen molar-refractivity contribution in [2.45, 2.75) is 13.0 Å². The highest BCUT2D eigenvalue weighted by molar-refractivity contribution is 5.79. The number of nitrogens with zero attached hydrogens (tertiary/aromatic N) is 1. The molecule has 0 aliphatic rings. The second-order valence-electron chi connectivity index (χ2n) is 4.16. The van der Waals surface area contributed by atoms with Crippen LogP contribution in [0.2, 0.25) is 0 Å². The lowest BCUT2D eigenvalue weighted by atomic mass is 10.2. The molecule has 0 unspecified atom stereocenters. The van der Waals surface area contributed by atoms with Crippen molar-refractivity contribution in [2.24, 2.45) is 0 Å². The lowest BCUT2D eigenvalue weighted by molar-refractivity contribution is 0.194. The molecular weight excluding hydrogens is 212 g/mol. The van der Waals surface area contributed by atoms with Crippen LogP contribution < -0.4 is 5.32 Å². The first-order valence-corrected chi connectivity index (χ1v) is 6.15. The Morgan fingerprint density at radius 1 is 1.18 bits per heavy atom. The molecule has 0 aliphatic carbocycles. The lowest BCUT2D eigenvalue weighted by Gasteiger charge is -2.07.